The van der Waals surface area contributed by atoms with Gasteiger partial charge in [0.15, 0.2) is 11.5 Å². The van der Waals surface area contributed by atoms with E-state index in [-0.39, 0.29) is 0 Å². The average Bonchev–Trinajstić information content (AvgIpc) is 2.74. The molecule has 1 N–H and O–H groups in total. The highest BCUT2D eigenvalue weighted by molar-refractivity contribution is 5.55. The van der Waals surface area contributed by atoms with Gasteiger partial charge in [0.2, 0.25) is 11.9 Å². The van der Waals surface area contributed by atoms with Gasteiger partial charge in [-0.2, -0.15) is 15.0 Å². The van der Waals surface area contributed by atoms with Gasteiger partial charge in [-0.25, -0.2) is 0 Å². The van der Waals surface area contributed by atoms with Crippen LogP contribution in [0.1, 0.15) is 11.4 Å². The SMILES string of the molecule is COc1ccc(Nc2nc(Cc3ccc(OC)c(OC)c3)nc(N(C)C)n2)cc1. The summed E-state index contributed by atoms with van der Waals surface area (Å²) in [6, 6.07) is 13.3. The number of methoxy groups -OCH3 is 3. The Hall–Kier alpha value is -3.55. The lowest BCUT2D eigenvalue weighted by Crippen LogP contribution is -2.16. The second kappa shape index (κ2) is 9.09. The van der Waals surface area contributed by atoms with Gasteiger partial charge in [0.05, 0.1) is 21.3 Å². The van der Waals surface area contributed by atoms with E-state index >= 15 is 0 Å². The van der Waals surface area contributed by atoms with E-state index in [0.29, 0.717) is 35.6 Å². The van der Waals surface area contributed by atoms with Crippen LogP contribution in [-0.4, -0.2) is 50.4 Å². The first-order valence-corrected chi connectivity index (χ1v) is 9.06. The van der Waals surface area contributed by atoms with Crippen LogP contribution in [0.25, 0.3) is 0 Å². The van der Waals surface area contributed by atoms with Gasteiger partial charge in [0.1, 0.15) is 11.6 Å². The predicted octanol–water partition coefficient (Wildman–Crippen LogP) is 3.30. The number of ether oxygens (including phenoxy) is 3. The van der Waals surface area contributed by atoms with Crippen LogP contribution in [0.15, 0.2) is 42.5 Å². The van der Waals surface area contributed by atoms with E-state index in [1.165, 1.54) is 0 Å². The van der Waals surface area contributed by atoms with Crippen molar-refractivity contribution in [1.82, 2.24) is 15.0 Å². The van der Waals surface area contributed by atoms with Crippen molar-refractivity contribution < 1.29 is 14.2 Å². The molecule has 0 aliphatic heterocycles. The van der Waals surface area contributed by atoms with Crippen LogP contribution in [-0.2, 0) is 6.42 Å². The van der Waals surface area contributed by atoms with Crippen molar-refractivity contribution in [2.45, 2.75) is 6.42 Å². The Labute approximate surface area is 170 Å². The van der Waals surface area contributed by atoms with Gasteiger partial charge < -0.3 is 24.4 Å². The molecule has 1 aromatic heterocycles. The number of nitrogens with zero attached hydrogens (tertiary/aromatic N) is 4. The first-order chi connectivity index (χ1) is 14.0. The average molecular weight is 395 g/mol. The van der Waals surface area contributed by atoms with Crippen LogP contribution in [0.5, 0.6) is 17.2 Å². The van der Waals surface area contributed by atoms with Crippen molar-refractivity contribution in [1.29, 1.82) is 0 Å². The van der Waals surface area contributed by atoms with Gasteiger partial charge in [-0.3, -0.25) is 0 Å². The smallest absolute Gasteiger partial charge is 0.232 e. The summed E-state index contributed by atoms with van der Waals surface area (Å²) in [5.41, 5.74) is 1.87. The van der Waals surface area contributed by atoms with Crippen LogP contribution in [0.4, 0.5) is 17.6 Å². The van der Waals surface area contributed by atoms with Crippen molar-refractivity contribution >= 4 is 17.6 Å². The molecule has 0 fully saturated rings. The quantitative estimate of drug-likeness (QED) is 0.622. The molecule has 3 rings (SSSR count). The van der Waals surface area contributed by atoms with E-state index in [1.54, 1.807) is 21.3 Å². The van der Waals surface area contributed by atoms with Crippen LogP contribution in [0, 0.1) is 0 Å². The highest BCUT2D eigenvalue weighted by Crippen LogP contribution is 2.28. The Kier molecular flexibility index (Phi) is 6.33. The molecule has 152 valence electrons. The van der Waals surface area contributed by atoms with Crippen molar-refractivity contribution in [2.24, 2.45) is 0 Å². The number of anilines is 3. The molecule has 3 aromatic rings. The van der Waals surface area contributed by atoms with Crippen molar-refractivity contribution in [3.8, 4) is 17.2 Å². The molecule has 8 nitrogen and oxygen atoms in total. The zero-order valence-electron chi connectivity index (χ0n) is 17.3. The van der Waals surface area contributed by atoms with Crippen LogP contribution in [0.2, 0.25) is 0 Å². The third kappa shape index (κ3) is 5.04. The zero-order valence-corrected chi connectivity index (χ0v) is 17.3. The molecule has 0 aliphatic rings. The summed E-state index contributed by atoms with van der Waals surface area (Å²) < 4.78 is 15.9. The predicted molar refractivity (Wildman–Crippen MR) is 113 cm³/mol. The second-order valence-electron chi connectivity index (χ2n) is 6.49. The molecule has 0 unspecified atom stereocenters. The Bertz CT molecular complexity index is 961. The molecule has 8 heteroatoms. The van der Waals surface area contributed by atoms with Crippen molar-refractivity contribution in [2.75, 3.05) is 45.6 Å². The van der Waals surface area contributed by atoms with Gasteiger partial charge in [-0.15, -0.1) is 0 Å². The fourth-order valence-electron chi connectivity index (χ4n) is 2.72. The topological polar surface area (TPSA) is 81.6 Å². The number of benzene rings is 2. The van der Waals surface area contributed by atoms with Gasteiger partial charge in [0.25, 0.3) is 0 Å². The van der Waals surface area contributed by atoms with Gasteiger partial charge in [-0.1, -0.05) is 6.07 Å². The van der Waals surface area contributed by atoms with E-state index in [4.69, 9.17) is 14.2 Å². The van der Waals surface area contributed by atoms with Crippen LogP contribution >= 0.6 is 0 Å². The molecular weight excluding hydrogens is 370 g/mol. The Morgan fingerprint density at radius 1 is 0.828 bits per heavy atom. The number of hydrogen-bond donors (Lipinski definition) is 1. The van der Waals surface area contributed by atoms with Crippen molar-refractivity contribution in [3.63, 3.8) is 0 Å². The summed E-state index contributed by atoms with van der Waals surface area (Å²) in [5.74, 6) is 3.84. The van der Waals surface area contributed by atoms with Crippen LogP contribution in [0.3, 0.4) is 0 Å². The number of hydrogen-bond acceptors (Lipinski definition) is 8. The maximum Gasteiger partial charge on any atom is 0.232 e. The highest BCUT2D eigenvalue weighted by Gasteiger charge is 2.11. The molecule has 0 spiro atoms. The summed E-state index contributed by atoms with van der Waals surface area (Å²) in [4.78, 5) is 15.5. The standard InChI is InChI=1S/C21H25N5O3/c1-26(2)21-24-19(13-14-6-11-17(28-4)18(12-14)29-5)23-20(25-21)22-15-7-9-16(27-3)10-8-15/h6-12H,13H2,1-5H3,(H,22,23,24,25). The molecule has 0 saturated heterocycles. The monoisotopic (exact) mass is 395 g/mol. The fraction of sp³-hybridized carbons (Fsp3) is 0.286. The second-order valence-corrected chi connectivity index (χ2v) is 6.49. The number of nitrogens with one attached hydrogen (secondary N) is 1. The minimum Gasteiger partial charge on any atom is -0.497 e. The lowest BCUT2D eigenvalue weighted by Gasteiger charge is -2.14. The van der Waals surface area contributed by atoms with Crippen molar-refractivity contribution in [3.05, 3.63) is 53.9 Å². The first-order valence-electron chi connectivity index (χ1n) is 9.06. The molecule has 0 radical (unpaired) electrons. The molecule has 0 amide bonds. The van der Waals surface area contributed by atoms with Gasteiger partial charge in [-0.05, 0) is 42.0 Å². The Morgan fingerprint density at radius 2 is 1.55 bits per heavy atom. The van der Waals surface area contributed by atoms with Crippen LogP contribution < -0.4 is 24.4 Å². The van der Waals surface area contributed by atoms with Gasteiger partial charge in [0, 0.05) is 26.2 Å². The lowest BCUT2D eigenvalue weighted by atomic mass is 10.1. The van der Waals surface area contributed by atoms with E-state index in [1.807, 2.05) is 61.5 Å². The first kappa shape index (κ1) is 20.2. The van der Waals surface area contributed by atoms with E-state index in [0.717, 1.165) is 17.0 Å². The summed E-state index contributed by atoms with van der Waals surface area (Å²) >= 11 is 0. The highest BCUT2D eigenvalue weighted by atomic mass is 16.5. The van der Waals surface area contributed by atoms with E-state index in [2.05, 4.69) is 20.3 Å². The number of rotatable bonds is 8. The zero-order chi connectivity index (χ0) is 20.8. The largest absolute Gasteiger partial charge is 0.497 e. The number of aromatic nitrogens is 3. The third-order valence-corrected chi connectivity index (χ3v) is 4.23. The third-order valence-electron chi connectivity index (χ3n) is 4.23. The molecule has 0 atom stereocenters. The molecule has 0 aliphatic carbocycles. The minimum atomic E-state index is 0.476. The Balaban J connectivity index is 1.88. The summed E-state index contributed by atoms with van der Waals surface area (Å²) in [5, 5.41) is 3.23. The maximum atomic E-state index is 5.39. The summed E-state index contributed by atoms with van der Waals surface area (Å²) in [6.07, 6.45) is 0.529. The fourth-order valence-corrected chi connectivity index (χ4v) is 2.72. The summed E-state index contributed by atoms with van der Waals surface area (Å²) in [7, 11) is 8.66. The molecular formula is C21H25N5O3. The molecule has 29 heavy (non-hydrogen) atoms. The maximum absolute atomic E-state index is 5.39. The lowest BCUT2D eigenvalue weighted by molar-refractivity contribution is 0.354. The van der Waals surface area contributed by atoms with Gasteiger partial charge >= 0.3 is 0 Å². The minimum absolute atomic E-state index is 0.476. The molecule has 0 bridgehead atoms. The normalized spacial score (nSPS) is 10.4. The van der Waals surface area contributed by atoms with E-state index < -0.39 is 0 Å². The molecule has 2 aromatic carbocycles. The Morgan fingerprint density at radius 3 is 2.17 bits per heavy atom. The molecule has 0 saturated carbocycles. The molecule has 1 heterocycles. The van der Waals surface area contributed by atoms with E-state index in [9.17, 15) is 0 Å². The summed E-state index contributed by atoms with van der Waals surface area (Å²) in [6.45, 7) is 0.